The van der Waals surface area contributed by atoms with Crippen LogP contribution in [0.4, 0.5) is 8.78 Å². The summed E-state index contributed by atoms with van der Waals surface area (Å²) in [7, 11) is 1.55. The zero-order chi connectivity index (χ0) is 25.7. The summed E-state index contributed by atoms with van der Waals surface area (Å²) in [6.07, 6.45) is 2.98. The predicted octanol–water partition coefficient (Wildman–Crippen LogP) is 4.50. The number of aromatic nitrogens is 2. The summed E-state index contributed by atoms with van der Waals surface area (Å²) in [5, 5.41) is 11.8. The molecule has 0 saturated carbocycles. The number of likely N-dealkylation sites (tertiary alicyclic amines) is 1. The van der Waals surface area contributed by atoms with Gasteiger partial charge in [0.1, 0.15) is 10.8 Å². The van der Waals surface area contributed by atoms with Gasteiger partial charge in [0, 0.05) is 38.5 Å². The molecule has 0 radical (unpaired) electrons. The molecule has 1 aromatic heterocycles. The molecule has 1 fully saturated rings. The Labute approximate surface area is 206 Å². The number of nitrogens with zero attached hydrogens (tertiary/aromatic N) is 4. The third kappa shape index (κ3) is 6.02. The van der Waals surface area contributed by atoms with E-state index in [2.05, 4.69) is 15.4 Å². The van der Waals surface area contributed by atoms with Gasteiger partial charge in [-0.3, -0.25) is 9.59 Å². The molecule has 2 aliphatic rings. The highest BCUT2D eigenvalue weighted by Crippen LogP contribution is 2.32. The quantitative estimate of drug-likeness (QED) is 0.361. The summed E-state index contributed by atoms with van der Waals surface area (Å²) in [6.45, 7) is 6.15. The summed E-state index contributed by atoms with van der Waals surface area (Å²) in [5.74, 6) is -2.02. The minimum Gasteiger partial charge on any atom is -0.384 e. The highest BCUT2D eigenvalue weighted by molar-refractivity contribution is 7.12. The maximum Gasteiger partial charge on any atom is 0.252 e. The van der Waals surface area contributed by atoms with Gasteiger partial charge in [0.25, 0.3) is 5.91 Å². The standard InChI is InChI=1S/C24H28F2N4O4S/c1-5-16(23-28-27-20(35-23)10-14-6-7-18(25)19(26)9-14)22(31)21(29-33)17-8-15(12-34-4)11-30(13(2)3)24(17)32/h5-6,9,13,15,18H,7-8,10-12H2,1-4H3/b16-5+,21-17-/t15-,18?/m1/s1. The van der Waals surface area contributed by atoms with Crippen LogP contribution in [0.15, 0.2) is 46.1 Å². The number of ketones is 1. The molecule has 3 rings (SSSR count). The van der Waals surface area contributed by atoms with Crippen molar-refractivity contribution in [2.45, 2.75) is 52.2 Å². The Morgan fingerprint density at radius 3 is 2.74 bits per heavy atom. The third-order valence-corrected chi connectivity index (χ3v) is 6.84. The second-order valence-electron chi connectivity index (χ2n) is 8.72. The fraction of sp³-hybridized carbons (Fsp3) is 0.500. The Hall–Kier alpha value is -2.92. The highest BCUT2D eigenvalue weighted by atomic mass is 32.1. The maximum atomic E-state index is 13.6. The maximum absolute atomic E-state index is 13.6. The normalized spacial score (nSPS) is 22.8. The number of rotatable bonds is 9. The van der Waals surface area contributed by atoms with Gasteiger partial charge in [-0.2, -0.15) is 0 Å². The number of amides is 1. The molecule has 1 aliphatic heterocycles. The van der Waals surface area contributed by atoms with Gasteiger partial charge in [0.2, 0.25) is 5.78 Å². The van der Waals surface area contributed by atoms with Crippen molar-refractivity contribution in [3.63, 3.8) is 0 Å². The van der Waals surface area contributed by atoms with Gasteiger partial charge in [-0.15, -0.1) is 15.1 Å². The molecule has 1 aromatic rings. The SMILES string of the molecule is C/C=C(\C(=O)/C(N=O)=C1\C[C@@H](COC)CN(C(C)C)C1=O)c1nnc(CC2=CCC(F)C(F)=C2)s1. The van der Waals surface area contributed by atoms with Crippen molar-refractivity contribution in [3.8, 4) is 0 Å². The van der Waals surface area contributed by atoms with E-state index in [-0.39, 0.29) is 47.4 Å². The summed E-state index contributed by atoms with van der Waals surface area (Å²) in [5.41, 5.74) is 0.275. The van der Waals surface area contributed by atoms with Crippen molar-refractivity contribution in [3.05, 3.63) is 55.8 Å². The number of piperidine rings is 1. The van der Waals surface area contributed by atoms with Crippen molar-refractivity contribution in [1.82, 2.24) is 15.1 Å². The second kappa shape index (κ2) is 11.7. The summed E-state index contributed by atoms with van der Waals surface area (Å²) in [4.78, 5) is 39.9. The van der Waals surface area contributed by atoms with E-state index in [0.29, 0.717) is 23.7 Å². The Morgan fingerprint density at radius 2 is 2.14 bits per heavy atom. The van der Waals surface area contributed by atoms with Crippen LogP contribution in [0.5, 0.6) is 0 Å². The Balaban J connectivity index is 1.89. The van der Waals surface area contributed by atoms with Crippen LogP contribution in [0, 0.1) is 10.8 Å². The van der Waals surface area contributed by atoms with Crippen LogP contribution in [0.1, 0.15) is 43.6 Å². The molecule has 0 bridgehead atoms. The molecule has 1 unspecified atom stereocenters. The minimum atomic E-state index is -1.63. The van der Waals surface area contributed by atoms with Crippen LogP contribution < -0.4 is 0 Å². The largest absolute Gasteiger partial charge is 0.384 e. The third-order valence-electron chi connectivity index (χ3n) is 5.88. The first-order chi connectivity index (χ1) is 16.7. The lowest BCUT2D eigenvalue weighted by atomic mass is 9.89. The van der Waals surface area contributed by atoms with E-state index in [0.717, 1.165) is 17.4 Å². The molecule has 188 valence electrons. The van der Waals surface area contributed by atoms with Gasteiger partial charge in [-0.1, -0.05) is 23.5 Å². The fourth-order valence-electron chi connectivity index (χ4n) is 4.10. The minimum absolute atomic E-state index is 0.0463. The number of hydrogen-bond donors (Lipinski definition) is 0. The van der Waals surface area contributed by atoms with Crippen LogP contribution >= 0.6 is 11.3 Å². The summed E-state index contributed by atoms with van der Waals surface area (Å²) >= 11 is 1.10. The number of carbonyl (C=O) groups excluding carboxylic acids is 2. The number of nitroso groups, excluding NO2 is 1. The second-order valence-corrected chi connectivity index (χ2v) is 9.78. The molecule has 11 heteroatoms. The number of alkyl halides is 1. The number of Topliss-reactive ketones (excluding diaryl/α,β-unsaturated/α-hetero) is 1. The monoisotopic (exact) mass is 506 g/mol. The predicted molar refractivity (Wildman–Crippen MR) is 129 cm³/mol. The van der Waals surface area contributed by atoms with Gasteiger partial charge in [0.05, 0.1) is 17.8 Å². The lowest BCUT2D eigenvalue weighted by molar-refractivity contribution is -0.132. The van der Waals surface area contributed by atoms with E-state index in [1.807, 2.05) is 13.8 Å². The molecular formula is C24H28F2N4O4S. The van der Waals surface area contributed by atoms with E-state index >= 15 is 0 Å². The molecule has 0 aromatic carbocycles. The molecule has 8 nitrogen and oxygen atoms in total. The number of halogens is 2. The number of ether oxygens (including phenoxy) is 1. The zero-order valence-electron chi connectivity index (χ0n) is 20.1. The fourth-order valence-corrected chi connectivity index (χ4v) is 5.05. The number of methoxy groups -OCH3 is 1. The molecule has 0 spiro atoms. The molecule has 2 atom stereocenters. The Bertz CT molecular complexity index is 1120. The average Bonchev–Trinajstić information content (AvgIpc) is 3.27. The van der Waals surface area contributed by atoms with Crippen LogP contribution in [-0.4, -0.2) is 59.3 Å². The molecule has 1 saturated heterocycles. The van der Waals surface area contributed by atoms with Crippen molar-refractivity contribution in [1.29, 1.82) is 0 Å². The first kappa shape index (κ1) is 26.7. The number of carbonyl (C=O) groups is 2. The first-order valence-corrected chi connectivity index (χ1v) is 12.1. The highest BCUT2D eigenvalue weighted by Gasteiger charge is 2.36. The topological polar surface area (TPSA) is 102 Å². The van der Waals surface area contributed by atoms with Crippen molar-refractivity contribution >= 4 is 28.6 Å². The van der Waals surface area contributed by atoms with E-state index in [1.54, 1.807) is 25.0 Å². The van der Waals surface area contributed by atoms with Gasteiger partial charge >= 0.3 is 0 Å². The van der Waals surface area contributed by atoms with E-state index < -0.39 is 29.4 Å². The number of hydrogen-bond acceptors (Lipinski definition) is 8. The lowest BCUT2D eigenvalue weighted by Gasteiger charge is -2.36. The van der Waals surface area contributed by atoms with Gasteiger partial charge in [-0.05, 0) is 44.0 Å². The zero-order valence-corrected chi connectivity index (χ0v) is 20.9. The van der Waals surface area contributed by atoms with Crippen LogP contribution in [-0.2, 0) is 20.7 Å². The van der Waals surface area contributed by atoms with Crippen molar-refractivity contribution in [2.75, 3.05) is 20.3 Å². The Morgan fingerprint density at radius 1 is 1.40 bits per heavy atom. The average molecular weight is 507 g/mol. The van der Waals surface area contributed by atoms with Gasteiger partial charge in [0.15, 0.2) is 16.9 Å². The van der Waals surface area contributed by atoms with Crippen LogP contribution in [0.2, 0.25) is 0 Å². The number of allylic oxidation sites excluding steroid dienone is 6. The molecule has 0 N–H and O–H groups in total. The van der Waals surface area contributed by atoms with Gasteiger partial charge < -0.3 is 9.64 Å². The van der Waals surface area contributed by atoms with E-state index in [9.17, 15) is 23.3 Å². The van der Waals surface area contributed by atoms with Gasteiger partial charge in [-0.25, -0.2) is 8.78 Å². The van der Waals surface area contributed by atoms with Crippen molar-refractivity contribution in [2.24, 2.45) is 11.1 Å². The molecule has 1 aliphatic carbocycles. The van der Waals surface area contributed by atoms with Crippen LogP contribution in [0.25, 0.3) is 5.57 Å². The molecule has 35 heavy (non-hydrogen) atoms. The summed E-state index contributed by atoms with van der Waals surface area (Å²) in [6, 6.07) is -0.132. The molecule has 2 heterocycles. The van der Waals surface area contributed by atoms with Crippen LogP contribution in [0.3, 0.4) is 0 Å². The van der Waals surface area contributed by atoms with Crippen molar-refractivity contribution < 1.29 is 23.1 Å². The lowest BCUT2D eigenvalue weighted by Crippen LogP contribution is -2.47. The smallest absolute Gasteiger partial charge is 0.252 e. The Kier molecular flexibility index (Phi) is 8.90. The van der Waals surface area contributed by atoms with E-state index in [1.165, 1.54) is 6.08 Å². The van der Waals surface area contributed by atoms with E-state index in [4.69, 9.17) is 4.74 Å². The first-order valence-electron chi connectivity index (χ1n) is 11.3. The summed E-state index contributed by atoms with van der Waals surface area (Å²) < 4.78 is 32.2. The molecular weight excluding hydrogens is 478 g/mol. The molecule has 1 amide bonds.